The summed E-state index contributed by atoms with van der Waals surface area (Å²) in [5, 5.41) is 14.0. The second-order valence-electron chi connectivity index (χ2n) is 6.12. The summed E-state index contributed by atoms with van der Waals surface area (Å²) in [6.07, 6.45) is -0.675. The van der Waals surface area contributed by atoms with Crippen molar-refractivity contribution in [3.8, 4) is 0 Å². The van der Waals surface area contributed by atoms with Crippen molar-refractivity contribution in [1.29, 1.82) is 0 Å². The van der Waals surface area contributed by atoms with Crippen molar-refractivity contribution in [1.82, 2.24) is 9.55 Å². The predicted octanol–water partition coefficient (Wildman–Crippen LogP) is 4.51. The van der Waals surface area contributed by atoms with Gasteiger partial charge in [-0.3, -0.25) is 10.1 Å². The van der Waals surface area contributed by atoms with Crippen molar-refractivity contribution in [3.05, 3.63) is 88.0 Å². The zero-order valence-corrected chi connectivity index (χ0v) is 14.7. The molecule has 0 saturated carbocycles. The van der Waals surface area contributed by atoms with Crippen LogP contribution in [-0.2, 0) is 19.1 Å². The predicted molar refractivity (Wildman–Crippen MR) is 98.1 cm³/mol. The Morgan fingerprint density at radius 3 is 2.57 bits per heavy atom. The second kappa shape index (κ2) is 8.12. The number of aromatic nitrogens is 2. The molecule has 6 nitrogen and oxygen atoms in total. The molecule has 0 aliphatic carbocycles. The first-order valence-electron chi connectivity index (χ1n) is 8.48. The number of rotatable bonds is 7. The van der Waals surface area contributed by atoms with E-state index in [4.69, 9.17) is 0 Å². The van der Waals surface area contributed by atoms with Gasteiger partial charge in [-0.1, -0.05) is 30.3 Å². The zero-order valence-electron chi connectivity index (χ0n) is 14.7. The number of nitrogens with zero attached hydrogens (tertiary/aromatic N) is 3. The van der Waals surface area contributed by atoms with Crippen LogP contribution in [0.3, 0.4) is 0 Å². The van der Waals surface area contributed by atoms with Crippen LogP contribution in [0.25, 0.3) is 0 Å². The summed E-state index contributed by atoms with van der Waals surface area (Å²) in [6.45, 7) is 0.925. The van der Waals surface area contributed by atoms with Crippen molar-refractivity contribution in [2.75, 3.05) is 11.9 Å². The summed E-state index contributed by atoms with van der Waals surface area (Å²) in [7, 11) is 0. The van der Waals surface area contributed by atoms with Crippen molar-refractivity contribution in [2.45, 2.75) is 19.1 Å². The van der Waals surface area contributed by atoms with Gasteiger partial charge in [-0.05, 0) is 17.7 Å². The Bertz CT molecular complexity index is 955. The molecule has 0 fully saturated rings. The number of nitro groups is 1. The third-order valence-corrected chi connectivity index (χ3v) is 4.18. The summed E-state index contributed by atoms with van der Waals surface area (Å²) in [5.41, 5.74) is -0.516. The van der Waals surface area contributed by atoms with Gasteiger partial charge in [0.25, 0.3) is 5.69 Å². The highest BCUT2D eigenvalue weighted by atomic mass is 19.4. The molecule has 0 bridgehead atoms. The highest BCUT2D eigenvalue weighted by Gasteiger charge is 2.33. The molecule has 9 heteroatoms. The average Bonchev–Trinajstić information content (AvgIpc) is 3.08. The van der Waals surface area contributed by atoms with Crippen molar-refractivity contribution >= 4 is 11.4 Å². The minimum Gasteiger partial charge on any atom is -0.379 e. The summed E-state index contributed by atoms with van der Waals surface area (Å²) in [6, 6.07) is 12.2. The highest BCUT2D eigenvalue weighted by molar-refractivity contribution is 5.63. The molecule has 3 rings (SSSR count). The highest BCUT2D eigenvalue weighted by Crippen LogP contribution is 2.34. The molecule has 0 unspecified atom stereocenters. The molecule has 0 radical (unpaired) electrons. The van der Waals surface area contributed by atoms with Crippen LogP contribution in [0.4, 0.5) is 24.5 Å². The topological polar surface area (TPSA) is 73.0 Å². The van der Waals surface area contributed by atoms with E-state index in [9.17, 15) is 23.3 Å². The smallest absolute Gasteiger partial charge is 0.379 e. The van der Waals surface area contributed by atoms with Crippen LogP contribution >= 0.6 is 0 Å². The van der Waals surface area contributed by atoms with Gasteiger partial charge in [-0.2, -0.15) is 13.2 Å². The van der Waals surface area contributed by atoms with Crippen LogP contribution in [0, 0.1) is 10.1 Å². The van der Waals surface area contributed by atoms with E-state index in [1.165, 1.54) is 0 Å². The van der Waals surface area contributed by atoms with Crippen LogP contribution < -0.4 is 5.32 Å². The van der Waals surface area contributed by atoms with Crippen LogP contribution in [0.2, 0.25) is 0 Å². The van der Waals surface area contributed by atoms with E-state index in [1.807, 2.05) is 41.1 Å². The van der Waals surface area contributed by atoms with Crippen LogP contribution in [-0.4, -0.2) is 21.0 Å². The molecule has 0 saturated heterocycles. The Kier molecular flexibility index (Phi) is 5.62. The standard InChI is InChI=1S/C19H17F3N4O2/c20-19(21,22)15-6-7-16(17(12-15)26(27)28)23-9-8-18-24-10-11-25(18)13-14-4-2-1-3-5-14/h1-7,10-12,23H,8-9,13H2. The molecular formula is C19H17F3N4O2. The molecule has 2 aromatic carbocycles. The van der Waals surface area contributed by atoms with E-state index in [0.29, 0.717) is 19.0 Å². The lowest BCUT2D eigenvalue weighted by Crippen LogP contribution is -2.12. The lowest BCUT2D eigenvalue weighted by molar-refractivity contribution is -0.384. The van der Waals surface area contributed by atoms with Crippen molar-refractivity contribution < 1.29 is 18.1 Å². The largest absolute Gasteiger partial charge is 0.416 e. The van der Waals surface area contributed by atoms with E-state index in [2.05, 4.69) is 10.3 Å². The number of hydrogen-bond acceptors (Lipinski definition) is 4. The van der Waals surface area contributed by atoms with Gasteiger partial charge in [0.15, 0.2) is 0 Å². The van der Waals surface area contributed by atoms with E-state index in [-0.39, 0.29) is 12.2 Å². The first-order valence-corrected chi connectivity index (χ1v) is 8.48. The number of imidazole rings is 1. The number of anilines is 1. The molecule has 1 aromatic heterocycles. The average molecular weight is 390 g/mol. The second-order valence-corrected chi connectivity index (χ2v) is 6.12. The maximum atomic E-state index is 12.8. The van der Waals surface area contributed by atoms with Gasteiger partial charge < -0.3 is 9.88 Å². The Morgan fingerprint density at radius 1 is 1.14 bits per heavy atom. The van der Waals surface area contributed by atoms with Gasteiger partial charge in [-0.25, -0.2) is 4.98 Å². The summed E-state index contributed by atoms with van der Waals surface area (Å²) < 4.78 is 40.3. The van der Waals surface area contributed by atoms with Gasteiger partial charge in [0.05, 0.1) is 10.5 Å². The van der Waals surface area contributed by atoms with Gasteiger partial charge in [0.2, 0.25) is 0 Å². The summed E-state index contributed by atoms with van der Waals surface area (Å²) >= 11 is 0. The van der Waals surface area contributed by atoms with E-state index in [0.717, 1.165) is 23.5 Å². The minimum atomic E-state index is -4.63. The van der Waals surface area contributed by atoms with Gasteiger partial charge in [-0.15, -0.1) is 0 Å². The van der Waals surface area contributed by atoms with Crippen molar-refractivity contribution in [3.63, 3.8) is 0 Å². The molecule has 0 spiro atoms. The van der Waals surface area contributed by atoms with Gasteiger partial charge >= 0.3 is 6.18 Å². The minimum absolute atomic E-state index is 0.0409. The molecule has 0 aliphatic heterocycles. The van der Waals surface area contributed by atoms with Gasteiger partial charge in [0, 0.05) is 38.0 Å². The zero-order chi connectivity index (χ0) is 20.1. The normalized spacial score (nSPS) is 11.4. The van der Waals surface area contributed by atoms with E-state index >= 15 is 0 Å². The van der Waals surface area contributed by atoms with Crippen molar-refractivity contribution in [2.24, 2.45) is 0 Å². The first-order chi connectivity index (χ1) is 13.3. The summed E-state index contributed by atoms with van der Waals surface area (Å²) in [5.74, 6) is 0.769. The van der Waals surface area contributed by atoms with Crippen LogP contribution in [0.1, 0.15) is 17.0 Å². The fraction of sp³-hybridized carbons (Fsp3) is 0.211. The molecular weight excluding hydrogens is 373 g/mol. The van der Waals surface area contributed by atoms with Crippen LogP contribution in [0.15, 0.2) is 60.9 Å². The number of hydrogen-bond donors (Lipinski definition) is 1. The fourth-order valence-corrected chi connectivity index (χ4v) is 2.81. The molecule has 28 heavy (non-hydrogen) atoms. The Labute approximate surface area is 158 Å². The van der Waals surface area contributed by atoms with Gasteiger partial charge in [0.1, 0.15) is 11.5 Å². The first kappa shape index (κ1) is 19.4. The lowest BCUT2D eigenvalue weighted by Gasteiger charge is -2.11. The maximum Gasteiger partial charge on any atom is 0.416 e. The Hall–Kier alpha value is -3.36. The molecule has 1 N–H and O–H groups in total. The number of nitrogens with one attached hydrogen (secondary N) is 1. The number of alkyl halides is 3. The third kappa shape index (κ3) is 4.67. The lowest BCUT2D eigenvalue weighted by atomic mass is 10.1. The molecule has 146 valence electrons. The van der Waals surface area contributed by atoms with E-state index < -0.39 is 22.4 Å². The monoisotopic (exact) mass is 390 g/mol. The SMILES string of the molecule is O=[N+]([O-])c1cc(C(F)(F)F)ccc1NCCc1nccn1Cc1ccccc1. The number of halogens is 3. The molecule has 1 heterocycles. The third-order valence-electron chi connectivity index (χ3n) is 4.18. The molecule has 0 atom stereocenters. The fourth-order valence-electron chi connectivity index (χ4n) is 2.81. The maximum absolute atomic E-state index is 12.8. The van der Waals surface area contributed by atoms with E-state index in [1.54, 1.807) is 6.20 Å². The summed E-state index contributed by atoms with van der Waals surface area (Å²) in [4.78, 5) is 14.6. The Balaban J connectivity index is 1.67. The molecule has 0 aliphatic rings. The quantitative estimate of drug-likeness (QED) is 0.476. The number of nitro benzene ring substituents is 1. The Morgan fingerprint density at radius 2 is 1.89 bits per heavy atom. The number of benzene rings is 2. The van der Waals surface area contributed by atoms with Crippen LogP contribution in [0.5, 0.6) is 0 Å². The molecule has 0 amide bonds. The molecule has 3 aromatic rings.